The number of hydrogen-bond acceptors (Lipinski definition) is 8. The van der Waals surface area contributed by atoms with Crippen LogP contribution in [0.5, 0.6) is 0 Å². The Morgan fingerprint density at radius 3 is 2.89 bits per heavy atom. The summed E-state index contributed by atoms with van der Waals surface area (Å²) >= 11 is 0. The Hall–Kier alpha value is -2.66. The molecule has 3 aliphatic rings. The minimum absolute atomic E-state index is 0.103. The van der Waals surface area contributed by atoms with Gasteiger partial charge in [0, 0.05) is 19.3 Å². The molecule has 4 atom stereocenters. The van der Waals surface area contributed by atoms with Gasteiger partial charge in [0.15, 0.2) is 11.9 Å². The molecule has 0 bridgehead atoms. The maximum atomic E-state index is 12.3. The van der Waals surface area contributed by atoms with Crippen molar-refractivity contribution in [3.8, 4) is 0 Å². The van der Waals surface area contributed by atoms with E-state index in [0.29, 0.717) is 0 Å². The maximum absolute atomic E-state index is 12.3. The molecular weight excluding hydrogens is 358 g/mol. The van der Waals surface area contributed by atoms with E-state index in [9.17, 15) is 19.5 Å². The highest BCUT2D eigenvalue weighted by Gasteiger charge is 2.46. The van der Waals surface area contributed by atoms with Crippen molar-refractivity contribution in [3.05, 3.63) is 0 Å². The zero-order valence-corrected chi connectivity index (χ0v) is 15.2. The number of hydrogen-bond donors (Lipinski definition) is 2. The molecule has 0 aromatic rings. The van der Waals surface area contributed by atoms with E-state index in [0.717, 1.165) is 0 Å². The molecule has 3 rings (SSSR count). The Morgan fingerprint density at radius 2 is 2.26 bits per heavy atom. The molecule has 0 aromatic carbocycles. The van der Waals surface area contributed by atoms with Crippen LogP contribution < -0.4 is 5.32 Å². The number of aliphatic hydroxyl groups excluding tert-OH is 1. The summed E-state index contributed by atoms with van der Waals surface area (Å²) in [5.74, 6) is -1.52. The third-order valence-corrected chi connectivity index (χ3v) is 4.25. The van der Waals surface area contributed by atoms with E-state index in [1.54, 1.807) is 13.8 Å². The van der Waals surface area contributed by atoms with Crippen LogP contribution in [0.25, 0.3) is 0 Å². The zero-order valence-electron chi connectivity index (χ0n) is 15.2. The number of aliphatic hydroxyl groups is 1. The molecule has 1 saturated heterocycles. The molecule has 3 heterocycles. The highest BCUT2D eigenvalue weighted by Crippen LogP contribution is 2.28. The lowest BCUT2D eigenvalue weighted by Gasteiger charge is -2.26. The highest BCUT2D eigenvalue weighted by molar-refractivity contribution is 6.24. The smallest absolute Gasteiger partial charge is 0.302 e. The van der Waals surface area contributed by atoms with Gasteiger partial charge in [-0.1, -0.05) is 13.8 Å². The van der Waals surface area contributed by atoms with Crippen molar-refractivity contribution in [1.29, 1.82) is 0 Å². The summed E-state index contributed by atoms with van der Waals surface area (Å²) in [4.78, 5) is 49.0. The predicted molar refractivity (Wildman–Crippen MR) is 92.9 cm³/mol. The third kappa shape index (κ3) is 3.88. The van der Waals surface area contributed by atoms with Gasteiger partial charge in [0.05, 0.1) is 12.9 Å². The quantitative estimate of drug-likeness (QED) is 0.585. The van der Waals surface area contributed by atoms with Crippen molar-refractivity contribution < 1.29 is 29.0 Å². The first-order valence-corrected chi connectivity index (χ1v) is 8.57. The number of nitrogens with zero attached hydrogens (tertiary/aromatic N) is 4. The molecule has 11 heteroatoms. The molecule has 146 valence electrons. The summed E-state index contributed by atoms with van der Waals surface area (Å²) < 4.78 is 10.9. The fourth-order valence-corrected chi connectivity index (χ4v) is 2.91. The summed E-state index contributed by atoms with van der Waals surface area (Å²) in [5.41, 5.74) is 0. The van der Waals surface area contributed by atoms with Gasteiger partial charge < -0.3 is 14.6 Å². The van der Waals surface area contributed by atoms with Gasteiger partial charge in [-0.2, -0.15) is 9.98 Å². The number of rotatable bonds is 4. The molecule has 0 saturated carbocycles. The van der Waals surface area contributed by atoms with Crippen LogP contribution in [0.3, 0.4) is 0 Å². The molecule has 0 radical (unpaired) electrons. The first-order chi connectivity index (χ1) is 12.8. The first-order valence-electron chi connectivity index (χ1n) is 8.57. The fourth-order valence-electron chi connectivity index (χ4n) is 2.91. The number of guanidine groups is 1. The fraction of sp³-hybridized carbons (Fsp3) is 0.625. The number of aliphatic imine (C=N–C) groups is 3. The first kappa shape index (κ1) is 19.1. The lowest BCUT2D eigenvalue weighted by molar-refractivity contribution is -0.150. The SMILES string of the molecule is CC(=O)O[C@H]1C[C@H](N2C=NC3C(=O)NC(=NC(=O)C(C)C)N=C32)O[C@@H]1CO. The summed E-state index contributed by atoms with van der Waals surface area (Å²) in [6.45, 7) is 4.33. The molecule has 2 N–H and O–H groups in total. The van der Waals surface area contributed by atoms with Crippen molar-refractivity contribution in [2.45, 2.75) is 51.7 Å². The minimum atomic E-state index is -0.873. The van der Waals surface area contributed by atoms with Gasteiger partial charge in [-0.3, -0.25) is 29.6 Å². The van der Waals surface area contributed by atoms with Crippen LogP contribution in [0.4, 0.5) is 0 Å². The molecule has 2 amide bonds. The van der Waals surface area contributed by atoms with E-state index in [-0.39, 0.29) is 30.7 Å². The zero-order chi connectivity index (χ0) is 19.7. The number of amidine groups is 1. The van der Waals surface area contributed by atoms with Crippen LogP contribution in [-0.2, 0) is 23.9 Å². The van der Waals surface area contributed by atoms with E-state index >= 15 is 0 Å². The second-order valence-electron chi connectivity index (χ2n) is 6.66. The number of fused-ring (bicyclic) bond motifs is 1. The second kappa shape index (κ2) is 7.53. The molecule has 0 aromatic heterocycles. The predicted octanol–water partition coefficient (Wildman–Crippen LogP) is -1.20. The number of carbonyl (C=O) groups excluding carboxylic acids is 3. The van der Waals surface area contributed by atoms with Gasteiger partial charge in [-0.05, 0) is 0 Å². The van der Waals surface area contributed by atoms with Gasteiger partial charge >= 0.3 is 5.97 Å². The van der Waals surface area contributed by atoms with Gasteiger partial charge in [-0.15, -0.1) is 0 Å². The van der Waals surface area contributed by atoms with Crippen LogP contribution in [-0.4, -0.2) is 77.0 Å². The molecule has 0 aliphatic carbocycles. The molecule has 27 heavy (non-hydrogen) atoms. The normalized spacial score (nSPS) is 31.1. The number of esters is 1. The largest absolute Gasteiger partial charge is 0.460 e. The highest BCUT2D eigenvalue weighted by atomic mass is 16.6. The monoisotopic (exact) mass is 379 g/mol. The molecule has 3 aliphatic heterocycles. The van der Waals surface area contributed by atoms with E-state index in [1.807, 2.05) is 0 Å². The average molecular weight is 379 g/mol. The van der Waals surface area contributed by atoms with Crippen molar-refractivity contribution in [2.24, 2.45) is 20.9 Å². The minimum Gasteiger partial charge on any atom is -0.460 e. The van der Waals surface area contributed by atoms with E-state index < -0.39 is 42.3 Å². The van der Waals surface area contributed by atoms with Crippen LogP contribution in [0, 0.1) is 5.92 Å². The van der Waals surface area contributed by atoms with E-state index in [2.05, 4.69) is 20.3 Å². The van der Waals surface area contributed by atoms with E-state index in [4.69, 9.17) is 9.47 Å². The molecular formula is C16H21N5O6. The van der Waals surface area contributed by atoms with Gasteiger partial charge in [-0.25, -0.2) is 0 Å². The van der Waals surface area contributed by atoms with Crippen molar-refractivity contribution >= 4 is 35.9 Å². The van der Waals surface area contributed by atoms with Crippen molar-refractivity contribution in [2.75, 3.05) is 6.61 Å². The van der Waals surface area contributed by atoms with Gasteiger partial charge in [0.1, 0.15) is 18.4 Å². The molecule has 1 unspecified atom stereocenters. The summed E-state index contributed by atoms with van der Waals surface area (Å²) in [6, 6.07) is -0.873. The van der Waals surface area contributed by atoms with E-state index in [1.165, 1.54) is 18.2 Å². The van der Waals surface area contributed by atoms with Crippen molar-refractivity contribution in [1.82, 2.24) is 10.2 Å². The Kier molecular flexibility index (Phi) is 5.33. The van der Waals surface area contributed by atoms with Gasteiger partial charge in [0.2, 0.25) is 5.96 Å². The number of nitrogens with one attached hydrogen (secondary N) is 1. The number of carbonyl (C=O) groups is 3. The Morgan fingerprint density at radius 1 is 1.52 bits per heavy atom. The maximum Gasteiger partial charge on any atom is 0.302 e. The molecule has 0 spiro atoms. The second-order valence-corrected chi connectivity index (χ2v) is 6.66. The Balaban J connectivity index is 1.82. The summed E-state index contributed by atoms with van der Waals surface area (Å²) in [7, 11) is 0. The topological polar surface area (TPSA) is 142 Å². The van der Waals surface area contributed by atoms with Crippen molar-refractivity contribution in [3.63, 3.8) is 0 Å². The average Bonchev–Trinajstić information content (AvgIpc) is 3.18. The molecule has 1 fully saturated rings. The Labute approximate surface area is 155 Å². The molecule has 11 nitrogen and oxygen atoms in total. The van der Waals surface area contributed by atoms with Crippen LogP contribution >= 0.6 is 0 Å². The summed E-state index contributed by atoms with van der Waals surface area (Å²) in [5, 5.41) is 11.9. The van der Waals surface area contributed by atoms with Gasteiger partial charge in [0.25, 0.3) is 11.8 Å². The standard InChI is InChI=1S/C16H21N5O6/c1-7(2)14(24)19-16-18-13-12(15(25)20-16)17-6-21(13)11-4-9(26-8(3)23)10(5-22)27-11/h6-7,9-12,22H,4-5H2,1-3H3,(H,19,20,24,25)/t9-,10+,11+,12?/m0/s1. The van der Waals surface area contributed by atoms with Crippen LogP contribution in [0.2, 0.25) is 0 Å². The lowest BCUT2D eigenvalue weighted by atomic mass is 10.1. The Bertz CT molecular complexity index is 746. The summed E-state index contributed by atoms with van der Waals surface area (Å²) in [6.07, 6.45) is -0.279. The lowest BCUT2D eigenvalue weighted by Crippen LogP contribution is -2.51. The van der Waals surface area contributed by atoms with Crippen LogP contribution in [0.1, 0.15) is 27.2 Å². The third-order valence-electron chi connectivity index (χ3n) is 4.25. The van der Waals surface area contributed by atoms with Crippen LogP contribution in [0.15, 0.2) is 15.0 Å². The number of amides is 2. The number of ether oxygens (including phenoxy) is 2.